The molecule has 35 valence electrons. The van der Waals surface area contributed by atoms with Crippen LogP contribution in [0.5, 0.6) is 0 Å². The summed E-state index contributed by atoms with van der Waals surface area (Å²) in [5.74, 6) is 0. The molecule has 0 fully saturated rings. The summed E-state index contributed by atoms with van der Waals surface area (Å²) in [4.78, 5) is 3.78. The van der Waals surface area contributed by atoms with Gasteiger partial charge >= 0.3 is 0 Å². The van der Waals surface area contributed by atoms with Crippen LogP contribution >= 0.6 is 0 Å². The van der Waals surface area contributed by atoms with Crippen molar-refractivity contribution < 1.29 is 0 Å². The molecule has 2 heteroatoms. The van der Waals surface area contributed by atoms with E-state index in [1.165, 1.54) is 0 Å². The van der Waals surface area contributed by atoms with Gasteiger partial charge in [-0.15, -0.1) is 0 Å². The van der Waals surface area contributed by atoms with Crippen LogP contribution in [0.2, 0.25) is 0 Å². The topological polar surface area (TPSA) is 43.4 Å². The SMILES string of the molecule is [N].c1ccncc1. The zero-order valence-corrected chi connectivity index (χ0v) is 3.78. The molecule has 0 aliphatic carbocycles. The molecule has 0 atom stereocenters. The van der Waals surface area contributed by atoms with E-state index in [0.29, 0.717) is 0 Å². The molecular weight excluding hydrogens is 88.1 g/mol. The highest BCUT2D eigenvalue weighted by molar-refractivity contribution is 4.88. The molecule has 1 aromatic heterocycles. The predicted octanol–water partition coefficient (Wildman–Crippen LogP) is 0.601. The number of aromatic nitrogens is 1. The van der Waals surface area contributed by atoms with Crippen LogP contribution in [0, 0.1) is 0 Å². The van der Waals surface area contributed by atoms with Crippen LogP contribution in [-0.4, -0.2) is 4.98 Å². The minimum atomic E-state index is 0. The first kappa shape index (κ1) is 6.11. The molecule has 3 radical (unpaired) electrons. The Morgan fingerprint density at radius 2 is 1.43 bits per heavy atom. The molecule has 1 aromatic rings. The smallest absolute Gasteiger partial charge is 0.0267 e. The van der Waals surface area contributed by atoms with Crippen LogP contribution in [0.25, 0.3) is 0 Å². The van der Waals surface area contributed by atoms with E-state index in [0.717, 1.165) is 0 Å². The van der Waals surface area contributed by atoms with Gasteiger partial charge in [-0.25, -0.2) is 0 Å². The lowest BCUT2D eigenvalue weighted by atomic mass is 10.5. The highest BCUT2D eigenvalue weighted by Gasteiger charge is 1.58. The molecule has 0 saturated heterocycles. The van der Waals surface area contributed by atoms with Crippen LogP contribution < -0.4 is 6.15 Å². The molecule has 1 rings (SSSR count). The van der Waals surface area contributed by atoms with Gasteiger partial charge in [0.1, 0.15) is 0 Å². The van der Waals surface area contributed by atoms with Crippen molar-refractivity contribution in [2.24, 2.45) is 0 Å². The van der Waals surface area contributed by atoms with Gasteiger partial charge in [0.2, 0.25) is 0 Å². The molecule has 0 N–H and O–H groups in total. The first-order valence-electron chi connectivity index (χ1n) is 1.85. The lowest BCUT2D eigenvalue weighted by Crippen LogP contribution is -1.58. The highest BCUT2D eigenvalue weighted by Crippen LogP contribution is 1.73. The number of hydrogen-bond acceptors (Lipinski definition) is 1. The summed E-state index contributed by atoms with van der Waals surface area (Å²) >= 11 is 0. The van der Waals surface area contributed by atoms with Gasteiger partial charge in [0, 0.05) is 18.5 Å². The van der Waals surface area contributed by atoms with Crippen LogP contribution in [0.15, 0.2) is 30.6 Å². The largest absolute Gasteiger partial charge is 0.265 e. The van der Waals surface area contributed by atoms with Crippen molar-refractivity contribution >= 4 is 0 Å². The predicted molar refractivity (Wildman–Crippen MR) is 26.4 cm³/mol. The fourth-order valence-corrected chi connectivity index (χ4v) is 0.313. The van der Waals surface area contributed by atoms with E-state index >= 15 is 0 Å². The molecule has 0 bridgehead atoms. The average molecular weight is 93.1 g/mol. The maximum atomic E-state index is 3.78. The Morgan fingerprint density at radius 3 is 1.57 bits per heavy atom. The molecule has 0 spiro atoms. The number of nitrogens with zero attached hydrogens (tertiary/aromatic N) is 2. The summed E-state index contributed by atoms with van der Waals surface area (Å²) in [7, 11) is 0. The zero-order valence-electron chi connectivity index (χ0n) is 3.78. The maximum absolute atomic E-state index is 3.78. The molecule has 7 heavy (non-hydrogen) atoms. The van der Waals surface area contributed by atoms with Gasteiger partial charge in [-0.05, 0) is 12.1 Å². The van der Waals surface area contributed by atoms with Crippen LogP contribution in [0.1, 0.15) is 0 Å². The second-order valence-corrected chi connectivity index (χ2v) is 1.02. The summed E-state index contributed by atoms with van der Waals surface area (Å²) < 4.78 is 0. The average Bonchev–Trinajstić information content (AvgIpc) is 1.72. The molecule has 1 heterocycles. The Morgan fingerprint density at radius 1 is 0.857 bits per heavy atom. The Hall–Kier alpha value is -0.890. The molecule has 0 saturated carbocycles. The quantitative estimate of drug-likeness (QED) is 0.463. The molecule has 0 unspecified atom stereocenters. The summed E-state index contributed by atoms with van der Waals surface area (Å²) in [6.07, 6.45) is 3.50. The number of pyridine rings is 1. The molecule has 0 aliphatic heterocycles. The lowest BCUT2D eigenvalue weighted by molar-refractivity contribution is 1.33. The standard InChI is InChI=1S/C5H5N.N/c1-2-4-6-5-3-1;/h1-5H;. The monoisotopic (exact) mass is 93.0 g/mol. The molecule has 2 nitrogen and oxygen atoms in total. The van der Waals surface area contributed by atoms with Crippen molar-refractivity contribution in [2.45, 2.75) is 0 Å². The molecule has 0 aliphatic rings. The first-order chi connectivity index (χ1) is 3.00. The minimum Gasteiger partial charge on any atom is -0.265 e. The third kappa shape index (κ3) is 1.89. The molecule has 0 amide bonds. The molecule has 0 aromatic carbocycles. The second kappa shape index (κ2) is 3.31. The van der Waals surface area contributed by atoms with Crippen molar-refractivity contribution in [3.05, 3.63) is 30.6 Å². The highest BCUT2D eigenvalue weighted by atomic mass is 14.6. The Kier molecular flexibility index (Phi) is 2.89. The van der Waals surface area contributed by atoms with E-state index in [9.17, 15) is 0 Å². The minimum absolute atomic E-state index is 0. The molecular formula is C5H5N2. The van der Waals surface area contributed by atoms with Crippen LogP contribution in [0.4, 0.5) is 0 Å². The van der Waals surface area contributed by atoms with E-state index in [4.69, 9.17) is 0 Å². The van der Waals surface area contributed by atoms with Crippen molar-refractivity contribution in [3.63, 3.8) is 0 Å². The second-order valence-electron chi connectivity index (χ2n) is 1.02. The van der Waals surface area contributed by atoms with Crippen molar-refractivity contribution in [2.75, 3.05) is 0 Å². The van der Waals surface area contributed by atoms with Gasteiger partial charge in [-0.1, -0.05) is 6.07 Å². The zero-order chi connectivity index (χ0) is 4.24. The first-order valence-corrected chi connectivity index (χ1v) is 1.85. The summed E-state index contributed by atoms with van der Waals surface area (Å²) in [6.45, 7) is 0. The third-order valence-corrected chi connectivity index (χ3v) is 0.566. The van der Waals surface area contributed by atoms with E-state index < -0.39 is 0 Å². The van der Waals surface area contributed by atoms with Crippen molar-refractivity contribution in [3.8, 4) is 0 Å². The number of rotatable bonds is 0. The summed E-state index contributed by atoms with van der Waals surface area (Å²) in [5.41, 5.74) is 0. The van der Waals surface area contributed by atoms with Crippen LogP contribution in [-0.2, 0) is 0 Å². The Balaban J connectivity index is 0.000000360. The van der Waals surface area contributed by atoms with Gasteiger partial charge in [0.05, 0.1) is 0 Å². The van der Waals surface area contributed by atoms with Gasteiger partial charge in [-0.3, -0.25) is 4.98 Å². The van der Waals surface area contributed by atoms with E-state index in [1.807, 2.05) is 18.2 Å². The van der Waals surface area contributed by atoms with Gasteiger partial charge < -0.3 is 0 Å². The van der Waals surface area contributed by atoms with E-state index in [2.05, 4.69) is 4.98 Å². The van der Waals surface area contributed by atoms with Gasteiger partial charge in [-0.2, -0.15) is 0 Å². The number of hydrogen-bond donors (Lipinski definition) is 0. The van der Waals surface area contributed by atoms with Gasteiger partial charge in [0.25, 0.3) is 0 Å². The normalized spacial score (nSPS) is 6.86. The van der Waals surface area contributed by atoms with Crippen LogP contribution in [0.3, 0.4) is 0 Å². The van der Waals surface area contributed by atoms with Crippen molar-refractivity contribution in [1.29, 1.82) is 0 Å². The fourth-order valence-electron chi connectivity index (χ4n) is 0.313. The summed E-state index contributed by atoms with van der Waals surface area (Å²) in [6, 6.07) is 5.72. The fraction of sp³-hybridized carbons (Fsp3) is 0. The van der Waals surface area contributed by atoms with Crippen molar-refractivity contribution in [1.82, 2.24) is 11.1 Å². The van der Waals surface area contributed by atoms with E-state index in [-0.39, 0.29) is 6.15 Å². The summed E-state index contributed by atoms with van der Waals surface area (Å²) in [5, 5.41) is 0. The lowest BCUT2D eigenvalue weighted by Gasteiger charge is -1.70. The third-order valence-electron chi connectivity index (χ3n) is 0.566. The Labute approximate surface area is 42.8 Å². The maximum Gasteiger partial charge on any atom is 0.0267 e. The van der Waals surface area contributed by atoms with Gasteiger partial charge in [0.15, 0.2) is 0 Å². The Bertz CT molecular complexity index is 78.0. The van der Waals surface area contributed by atoms with E-state index in [1.54, 1.807) is 12.4 Å².